The molecule has 0 fully saturated rings. The van der Waals surface area contributed by atoms with Gasteiger partial charge in [0.1, 0.15) is 21.5 Å². The summed E-state index contributed by atoms with van der Waals surface area (Å²) in [7, 11) is 2.87. The van der Waals surface area contributed by atoms with Crippen LogP contribution in [0.2, 0.25) is 0 Å². The van der Waals surface area contributed by atoms with Gasteiger partial charge in [0.2, 0.25) is 5.78 Å². The van der Waals surface area contributed by atoms with Crippen molar-refractivity contribution in [2.24, 2.45) is 10.9 Å². The number of nitrogens with zero attached hydrogens (tertiary/aromatic N) is 1. The maximum absolute atomic E-state index is 13.4. The number of thiophene rings is 1. The summed E-state index contributed by atoms with van der Waals surface area (Å²) in [6.45, 7) is 3.72. The zero-order chi connectivity index (χ0) is 26.0. The molecule has 2 atom stereocenters. The van der Waals surface area contributed by atoms with E-state index in [1.807, 2.05) is 0 Å². The van der Waals surface area contributed by atoms with Crippen LogP contribution in [0.4, 0.5) is 10.7 Å². The standard InChI is InChI=1S/C27H26N2O6S/c1-5-35-27(32)19-14(2)29-25-21(20(19)15-6-8-17(9-7-15)26(31)34-4)22(28)24(36-25)23(30)16-10-12-18(33-3)13-11-16/h6-13,19-20H,5,28H2,1-4H3. The minimum absolute atomic E-state index is 0.212. The first-order valence-corrected chi connectivity index (χ1v) is 12.1. The fourth-order valence-corrected chi connectivity index (χ4v) is 5.51. The minimum atomic E-state index is -0.734. The molecule has 1 aromatic heterocycles. The molecule has 1 aliphatic rings. The van der Waals surface area contributed by atoms with Gasteiger partial charge < -0.3 is 19.9 Å². The lowest BCUT2D eigenvalue weighted by molar-refractivity contribution is -0.146. The molecule has 36 heavy (non-hydrogen) atoms. The highest BCUT2D eigenvalue weighted by molar-refractivity contribution is 7.18. The number of fused-ring (bicyclic) bond motifs is 1. The van der Waals surface area contributed by atoms with Crippen LogP contribution in [0.5, 0.6) is 5.75 Å². The first-order valence-electron chi connectivity index (χ1n) is 11.3. The lowest BCUT2D eigenvalue weighted by Gasteiger charge is -2.30. The summed E-state index contributed by atoms with van der Waals surface area (Å²) in [5, 5.41) is 0.574. The highest BCUT2D eigenvalue weighted by Gasteiger charge is 2.42. The summed E-state index contributed by atoms with van der Waals surface area (Å²) >= 11 is 1.20. The van der Waals surface area contributed by atoms with Crippen molar-refractivity contribution in [3.05, 3.63) is 75.7 Å². The maximum Gasteiger partial charge on any atom is 0.337 e. The number of hydrogen-bond donors (Lipinski definition) is 1. The molecule has 3 aromatic rings. The van der Waals surface area contributed by atoms with Crippen LogP contribution in [0.3, 0.4) is 0 Å². The number of benzene rings is 2. The SMILES string of the molecule is CCOC(=O)C1C(C)=Nc2sc(C(=O)c3ccc(OC)cc3)c(N)c2C1c1ccc(C(=O)OC)cc1. The lowest BCUT2D eigenvalue weighted by atomic mass is 9.76. The average molecular weight is 507 g/mol. The molecular weight excluding hydrogens is 480 g/mol. The molecule has 2 heterocycles. The Hall–Kier alpha value is -3.98. The topological polar surface area (TPSA) is 117 Å². The Morgan fingerprint density at radius 1 is 1.00 bits per heavy atom. The Labute approximate surface area is 212 Å². The van der Waals surface area contributed by atoms with E-state index in [0.717, 1.165) is 5.56 Å². The molecule has 2 aromatic carbocycles. The predicted octanol–water partition coefficient (Wildman–Crippen LogP) is 4.77. The van der Waals surface area contributed by atoms with Gasteiger partial charge in [-0.15, -0.1) is 11.3 Å². The number of ether oxygens (including phenoxy) is 3. The molecule has 1 aliphatic heterocycles. The van der Waals surface area contributed by atoms with Crippen molar-refractivity contribution >= 4 is 45.5 Å². The van der Waals surface area contributed by atoms with E-state index in [9.17, 15) is 14.4 Å². The Kier molecular flexibility index (Phi) is 7.21. The Morgan fingerprint density at radius 2 is 1.64 bits per heavy atom. The third-order valence-corrected chi connectivity index (χ3v) is 7.24. The van der Waals surface area contributed by atoms with Crippen molar-refractivity contribution in [2.45, 2.75) is 19.8 Å². The number of nitrogen functional groups attached to an aromatic ring is 1. The molecule has 0 saturated heterocycles. The van der Waals surface area contributed by atoms with Gasteiger partial charge in [-0.25, -0.2) is 9.79 Å². The van der Waals surface area contributed by atoms with E-state index in [2.05, 4.69) is 4.99 Å². The van der Waals surface area contributed by atoms with Gasteiger partial charge in [0, 0.05) is 22.8 Å². The van der Waals surface area contributed by atoms with Gasteiger partial charge in [-0.05, 0) is 55.8 Å². The molecule has 2 N–H and O–H groups in total. The average Bonchev–Trinajstić information content (AvgIpc) is 3.22. The number of anilines is 1. The number of carbonyl (C=O) groups excluding carboxylic acids is 3. The van der Waals surface area contributed by atoms with Crippen LogP contribution >= 0.6 is 11.3 Å². The number of carbonyl (C=O) groups is 3. The highest BCUT2D eigenvalue weighted by atomic mass is 32.1. The Balaban J connectivity index is 1.83. The molecule has 9 heteroatoms. The molecule has 0 aliphatic carbocycles. The van der Waals surface area contributed by atoms with E-state index in [4.69, 9.17) is 19.9 Å². The van der Waals surface area contributed by atoms with Gasteiger partial charge in [0.25, 0.3) is 0 Å². The Morgan fingerprint density at radius 3 is 2.22 bits per heavy atom. The van der Waals surface area contributed by atoms with Crippen molar-refractivity contribution in [2.75, 3.05) is 26.6 Å². The zero-order valence-electron chi connectivity index (χ0n) is 20.4. The summed E-state index contributed by atoms with van der Waals surface area (Å²) in [6, 6.07) is 13.6. The summed E-state index contributed by atoms with van der Waals surface area (Å²) in [4.78, 5) is 43.4. The number of aliphatic imine (C=N–C) groups is 1. The first-order chi connectivity index (χ1) is 17.3. The predicted molar refractivity (Wildman–Crippen MR) is 138 cm³/mol. The summed E-state index contributed by atoms with van der Waals surface area (Å²) < 4.78 is 15.3. The van der Waals surface area contributed by atoms with Crippen LogP contribution in [0, 0.1) is 5.92 Å². The van der Waals surface area contributed by atoms with Gasteiger partial charge in [0.15, 0.2) is 0 Å². The van der Waals surface area contributed by atoms with Gasteiger partial charge in [-0.2, -0.15) is 0 Å². The normalized spacial score (nSPS) is 16.5. The van der Waals surface area contributed by atoms with Crippen molar-refractivity contribution < 1.29 is 28.6 Å². The van der Waals surface area contributed by atoms with Crippen LogP contribution in [-0.2, 0) is 14.3 Å². The van der Waals surface area contributed by atoms with Gasteiger partial charge in [-0.1, -0.05) is 12.1 Å². The molecule has 0 bridgehead atoms. The number of ketones is 1. The van der Waals surface area contributed by atoms with Crippen LogP contribution in [0.1, 0.15) is 56.5 Å². The van der Waals surface area contributed by atoms with Crippen LogP contribution < -0.4 is 10.5 Å². The number of esters is 2. The molecule has 186 valence electrons. The number of methoxy groups -OCH3 is 2. The van der Waals surface area contributed by atoms with Crippen molar-refractivity contribution in [3.63, 3.8) is 0 Å². The smallest absolute Gasteiger partial charge is 0.337 e. The second-order valence-corrected chi connectivity index (χ2v) is 9.19. The molecule has 0 radical (unpaired) electrons. The molecule has 8 nitrogen and oxygen atoms in total. The van der Waals surface area contributed by atoms with E-state index in [1.165, 1.54) is 18.4 Å². The van der Waals surface area contributed by atoms with E-state index in [-0.39, 0.29) is 18.1 Å². The molecule has 0 amide bonds. The minimum Gasteiger partial charge on any atom is -0.497 e. The van der Waals surface area contributed by atoms with Crippen LogP contribution in [-0.4, -0.2) is 44.3 Å². The molecule has 0 spiro atoms. The molecule has 0 saturated carbocycles. The van der Waals surface area contributed by atoms with Gasteiger partial charge in [0.05, 0.1) is 32.1 Å². The maximum atomic E-state index is 13.4. The van der Waals surface area contributed by atoms with Gasteiger partial charge >= 0.3 is 11.9 Å². The fourth-order valence-electron chi connectivity index (χ4n) is 4.35. The van der Waals surface area contributed by atoms with Crippen molar-refractivity contribution in [1.29, 1.82) is 0 Å². The monoisotopic (exact) mass is 506 g/mol. The Bertz CT molecular complexity index is 1340. The van der Waals surface area contributed by atoms with E-state index >= 15 is 0 Å². The molecular formula is C27H26N2O6S. The lowest BCUT2D eigenvalue weighted by Crippen LogP contribution is -2.33. The third kappa shape index (κ3) is 4.49. The molecule has 2 unspecified atom stereocenters. The van der Waals surface area contributed by atoms with Crippen molar-refractivity contribution in [3.8, 4) is 5.75 Å². The van der Waals surface area contributed by atoms with Crippen LogP contribution in [0.15, 0.2) is 53.5 Å². The zero-order valence-corrected chi connectivity index (χ0v) is 21.2. The largest absolute Gasteiger partial charge is 0.497 e. The third-order valence-electron chi connectivity index (χ3n) is 6.13. The van der Waals surface area contributed by atoms with E-state index < -0.39 is 23.8 Å². The van der Waals surface area contributed by atoms with E-state index in [0.29, 0.717) is 38.0 Å². The van der Waals surface area contributed by atoms with E-state index in [1.54, 1.807) is 69.5 Å². The number of nitrogens with two attached hydrogens (primary N) is 1. The highest BCUT2D eigenvalue weighted by Crippen LogP contribution is 2.51. The fraction of sp³-hybridized carbons (Fsp3) is 0.259. The first kappa shape index (κ1) is 25.1. The quantitative estimate of drug-likeness (QED) is 0.362. The second-order valence-electron chi connectivity index (χ2n) is 8.20. The van der Waals surface area contributed by atoms with Gasteiger partial charge in [-0.3, -0.25) is 9.59 Å². The number of hydrogen-bond acceptors (Lipinski definition) is 9. The summed E-state index contributed by atoms with van der Waals surface area (Å²) in [5.74, 6) is -1.78. The number of rotatable bonds is 7. The summed E-state index contributed by atoms with van der Waals surface area (Å²) in [5.41, 5.74) is 9.62. The molecule has 4 rings (SSSR count). The van der Waals surface area contributed by atoms with Crippen LogP contribution in [0.25, 0.3) is 0 Å². The van der Waals surface area contributed by atoms with Crippen molar-refractivity contribution in [1.82, 2.24) is 0 Å². The second kappa shape index (κ2) is 10.3. The summed E-state index contributed by atoms with van der Waals surface area (Å²) in [6.07, 6.45) is 0.